The van der Waals surface area contributed by atoms with Crippen LogP contribution >= 0.6 is 11.3 Å². The minimum Gasteiger partial charge on any atom is -0.409 e. The fraction of sp³-hybridized carbons (Fsp3) is 0.211. The van der Waals surface area contributed by atoms with Crippen molar-refractivity contribution in [1.29, 1.82) is 0 Å². The van der Waals surface area contributed by atoms with E-state index < -0.39 is 6.09 Å². The van der Waals surface area contributed by atoms with Crippen molar-refractivity contribution in [2.24, 2.45) is 0 Å². The Hall–Kier alpha value is -3.00. The van der Waals surface area contributed by atoms with Crippen molar-refractivity contribution in [2.45, 2.75) is 0 Å². The maximum Gasteiger partial charge on any atom is 0.415 e. The van der Waals surface area contributed by atoms with Crippen LogP contribution in [0.15, 0.2) is 48.8 Å². The number of carbonyl (C=O) groups excluding carboxylic acids is 2. The van der Waals surface area contributed by atoms with E-state index in [1.54, 1.807) is 40.3 Å². The Labute approximate surface area is 158 Å². The van der Waals surface area contributed by atoms with Gasteiger partial charge < -0.3 is 14.5 Å². The van der Waals surface area contributed by atoms with Gasteiger partial charge in [-0.1, -0.05) is 6.07 Å². The predicted molar refractivity (Wildman–Crippen MR) is 99.5 cm³/mol. The number of rotatable bonds is 2. The second-order valence-electron chi connectivity index (χ2n) is 6.13. The lowest BCUT2D eigenvalue weighted by atomic mass is 10.2. The van der Waals surface area contributed by atoms with Gasteiger partial charge in [-0.2, -0.15) is 0 Å². The number of carbonyl (C=O) groups is 2. The standard InChI is InChI=1S/C19H16FN3O3S/c20-14-4-3-13-10-17(27-16(13)11-14)18(24)22-6-8-23(9-7-22)19(25)26-15-2-1-5-21-12-15/h1-5,10-12H,6-9H2. The van der Waals surface area contributed by atoms with Crippen LogP contribution in [0.2, 0.25) is 0 Å². The van der Waals surface area contributed by atoms with Crippen LogP contribution in [-0.4, -0.2) is 53.0 Å². The summed E-state index contributed by atoms with van der Waals surface area (Å²) in [6, 6.07) is 9.62. The lowest BCUT2D eigenvalue weighted by Gasteiger charge is -2.33. The number of halogens is 1. The summed E-state index contributed by atoms with van der Waals surface area (Å²) in [5.74, 6) is -0.0282. The molecule has 1 fully saturated rings. The summed E-state index contributed by atoms with van der Waals surface area (Å²) in [5.41, 5.74) is 0. The number of benzene rings is 1. The van der Waals surface area contributed by atoms with Crippen molar-refractivity contribution < 1.29 is 18.7 Å². The Balaban J connectivity index is 1.38. The Morgan fingerprint density at radius 2 is 1.85 bits per heavy atom. The zero-order valence-corrected chi connectivity index (χ0v) is 15.1. The third-order valence-electron chi connectivity index (χ3n) is 4.36. The number of amides is 2. The molecule has 6 nitrogen and oxygen atoms in total. The molecule has 3 heterocycles. The number of fused-ring (bicyclic) bond motifs is 1. The highest BCUT2D eigenvalue weighted by molar-refractivity contribution is 7.20. The number of thiophene rings is 1. The molecule has 8 heteroatoms. The lowest BCUT2D eigenvalue weighted by Crippen LogP contribution is -2.51. The van der Waals surface area contributed by atoms with E-state index in [1.807, 2.05) is 0 Å². The third-order valence-corrected chi connectivity index (χ3v) is 5.44. The Morgan fingerprint density at radius 3 is 2.59 bits per heavy atom. The molecule has 0 spiro atoms. The van der Waals surface area contributed by atoms with Crippen LogP contribution in [0.25, 0.3) is 10.1 Å². The number of nitrogens with zero attached hydrogens (tertiary/aromatic N) is 3. The SMILES string of the molecule is O=C(Oc1cccnc1)N1CCN(C(=O)c2cc3ccc(F)cc3s2)CC1. The first-order valence-corrected chi connectivity index (χ1v) is 9.27. The molecule has 0 saturated carbocycles. The zero-order chi connectivity index (χ0) is 18.8. The molecule has 2 aromatic heterocycles. The second-order valence-corrected chi connectivity index (χ2v) is 7.21. The summed E-state index contributed by atoms with van der Waals surface area (Å²) in [7, 11) is 0. The summed E-state index contributed by atoms with van der Waals surface area (Å²) < 4.78 is 19.4. The molecule has 27 heavy (non-hydrogen) atoms. The largest absolute Gasteiger partial charge is 0.415 e. The third kappa shape index (κ3) is 3.75. The molecular weight excluding hydrogens is 369 g/mol. The van der Waals surface area contributed by atoms with Crippen molar-refractivity contribution in [1.82, 2.24) is 14.8 Å². The quantitative estimate of drug-likeness (QED) is 0.678. The minimum absolute atomic E-state index is 0.100. The van der Waals surface area contributed by atoms with Gasteiger partial charge in [-0.05, 0) is 35.7 Å². The van der Waals surface area contributed by atoms with E-state index in [0.29, 0.717) is 36.8 Å². The first kappa shape index (κ1) is 17.4. The molecule has 1 saturated heterocycles. The summed E-state index contributed by atoms with van der Waals surface area (Å²) in [6.07, 6.45) is 2.62. The van der Waals surface area contributed by atoms with Gasteiger partial charge >= 0.3 is 6.09 Å². The normalized spacial score (nSPS) is 14.4. The number of aromatic nitrogens is 1. The van der Waals surface area contributed by atoms with Gasteiger partial charge in [-0.25, -0.2) is 9.18 Å². The average Bonchev–Trinajstić information content (AvgIpc) is 3.11. The Morgan fingerprint density at radius 1 is 1.07 bits per heavy atom. The molecule has 138 valence electrons. The van der Waals surface area contributed by atoms with E-state index in [0.717, 1.165) is 10.1 Å². The van der Waals surface area contributed by atoms with Crippen LogP contribution in [0, 0.1) is 5.82 Å². The number of piperazine rings is 1. The molecular formula is C19H16FN3O3S. The highest BCUT2D eigenvalue weighted by Gasteiger charge is 2.27. The molecule has 1 aliphatic rings. The minimum atomic E-state index is -0.451. The van der Waals surface area contributed by atoms with Crippen molar-refractivity contribution in [3.63, 3.8) is 0 Å². The average molecular weight is 385 g/mol. The summed E-state index contributed by atoms with van der Waals surface area (Å²) in [4.78, 5) is 32.7. The van der Waals surface area contributed by atoms with Gasteiger partial charge in [0, 0.05) is 37.1 Å². The molecule has 0 unspecified atom stereocenters. The van der Waals surface area contributed by atoms with E-state index in [-0.39, 0.29) is 11.7 Å². The van der Waals surface area contributed by atoms with Gasteiger partial charge in [0.05, 0.1) is 11.1 Å². The molecule has 4 rings (SSSR count). The lowest BCUT2D eigenvalue weighted by molar-refractivity contribution is 0.0638. The van der Waals surface area contributed by atoms with E-state index >= 15 is 0 Å². The number of hydrogen-bond donors (Lipinski definition) is 0. The smallest absolute Gasteiger partial charge is 0.409 e. The number of pyridine rings is 1. The molecule has 0 atom stereocenters. The monoisotopic (exact) mass is 385 g/mol. The van der Waals surface area contributed by atoms with Crippen LogP contribution in [-0.2, 0) is 0 Å². The first-order valence-electron chi connectivity index (χ1n) is 8.45. The fourth-order valence-corrected chi connectivity index (χ4v) is 3.99. The summed E-state index contributed by atoms with van der Waals surface area (Å²) in [6.45, 7) is 1.63. The molecule has 3 aromatic rings. The van der Waals surface area contributed by atoms with E-state index in [4.69, 9.17) is 4.74 Å². The van der Waals surface area contributed by atoms with E-state index in [9.17, 15) is 14.0 Å². The van der Waals surface area contributed by atoms with Crippen molar-refractivity contribution >= 4 is 33.4 Å². The maximum absolute atomic E-state index is 13.3. The van der Waals surface area contributed by atoms with Crippen molar-refractivity contribution in [3.05, 3.63) is 59.5 Å². The highest BCUT2D eigenvalue weighted by atomic mass is 32.1. The maximum atomic E-state index is 13.3. The van der Waals surface area contributed by atoms with Crippen molar-refractivity contribution in [3.8, 4) is 5.75 Å². The van der Waals surface area contributed by atoms with Gasteiger partial charge in [-0.15, -0.1) is 11.3 Å². The van der Waals surface area contributed by atoms with Crippen LogP contribution in [0.3, 0.4) is 0 Å². The van der Waals surface area contributed by atoms with Gasteiger partial charge in [0.15, 0.2) is 5.75 Å². The highest BCUT2D eigenvalue weighted by Crippen LogP contribution is 2.27. The molecule has 0 bridgehead atoms. The molecule has 1 aliphatic heterocycles. The number of hydrogen-bond acceptors (Lipinski definition) is 5. The Bertz CT molecular complexity index is 984. The molecule has 2 amide bonds. The summed E-state index contributed by atoms with van der Waals surface area (Å²) >= 11 is 1.28. The van der Waals surface area contributed by atoms with Gasteiger partial charge in [-0.3, -0.25) is 9.78 Å². The fourth-order valence-electron chi connectivity index (χ4n) is 2.93. The number of ether oxygens (including phenoxy) is 1. The van der Waals surface area contributed by atoms with Crippen LogP contribution < -0.4 is 4.74 Å². The van der Waals surface area contributed by atoms with Crippen LogP contribution in [0.4, 0.5) is 9.18 Å². The van der Waals surface area contributed by atoms with Crippen LogP contribution in [0.5, 0.6) is 5.75 Å². The zero-order valence-electron chi connectivity index (χ0n) is 14.3. The first-order chi connectivity index (χ1) is 13.1. The van der Waals surface area contributed by atoms with E-state index in [1.165, 1.54) is 29.7 Å². The summed E-state index contributed by atoms with van der Waals surface area (Å²) in [5, 5.41) is 0.850. The second kappa shape index (κ2) is 7.32. The van der Waals surface area contributed by atoms with Gasteiger partial charge in [0.25, 0.3) is 5.91 Å². The molecule has 0 N–H and O–H groups in total. The topological polar surface area (TPSA) is 62.7 Å². The van der Waals surface area contributed by atoms with Crippen molar-refractivity contribution in [2.75, 3.05) is 26.2 Å². The van der Waals surface area contributed by atoms with E-state index in [2.05, 4.69) is 4.98 Å². The molecule has 0 aliphatic carbocycles. The Kier molecular flexibility index (Phi) is 4.72. The van der Waals surface area contributed by atoms with Gasteiger partial charge in [0.1, 0.15) is 5.82 Å². The van der Waals surface area contributed by atoms with Gasteiger partial charge in [0.2, 0.25) is 0 Å². The molecule has 0 radical (unpaired) electrons. The molecule has 1 aromatic carbocycles. The predicted octanol–water partition coefficient (Wildman–Crippen LogP) is 3.39. The van der Waals surface area contributed by atoms with Crippen LogP contribution in [0.1, 0.15) is 9.67 Å².